The maximum absolute atomic E-state index is 14.4. The van der Waals surface area contributed by atoms with Crippen LogP contribution < -0.4 is 10.4 Å². The average molecular weight is 452 g/mol. The number of aromatic hydroxyl groups is 1. The van der Waals surface area contributed by atoms with Crippen molar-refractivity contribution in [3.63, 3.8) is 0 Å². The van der Waals surface area contributed by atoms with E-state index in [9.17, 15) is 19.1 Å². The lowest BCUT2D eigenvalue weighted by Crippen LogP contribution is -2.62. The number of amides is 1. The summed E-state index contributed by atoms with van der Waals surface area (Å²) >= 11 is 6.43. The highest BCUT2D eigenvalue weighted by Gasteiger charge is 2.59. The van der Waals surface area contributed by atoms with E-state index >= 15 is 0 Å². The van der Waals surface area contributed by atoms with Gasteiger partial charge in [-0.3, -0.25) is 19.3 Å². The highest BCUT2D eigenvalue weighted by atomic mass is 35.5. The molecule has 2 unspecified atom stereocenters. The van der Waals surface area contributed by atoms with Crippen LogP contribution in [0.3, 0.4) is 0 Å². The van der Waals surface area contributed by atoms with Crippen LogP contribution in [0.25, 0.3) is 0 Å². The lowest BCUT2D eigenvalue weighted by Gasteiger charge is -2.50. The maximum atomic E-state index is 14.4. The van der Waals surface area contributed by atoms with Crippen LogP contribution in [0.15, 0.2) is 53.5 Å². The van der Waals surface area contributed by atoms with E-state index in [1.807, 2.05) is 17.1 Å². The first-order valence-corrected chi connectivity index (χ1v) is 10.8. The van der Waals surface area contributed by atoms with Gasteiger partial charge >= 0.3 is 0 Å². The average Bonchev–Trinajstić information content (AvgIpc) is 3.27. The van der Waals surface area contributed by atoms with Crippen LogP contribution >= 0.6 is 11.6 Å². The molecule has 0 radical (unpaired) electrons. The summed E-state index contributed by atoms with van der Waals surface area (Å²) in [4.78, 5) is 26.6. The molecule has 162 valence electrons. The van der Waals surface area contributed by atoms with Gasteiger partial charge in [0.15, 0.2) is 11.4 Å². The Morgan fingerprint density at radius 3 is 2.69 bits per heavy atom. The summed E-state index contributed by atoms with van der Waals surface area (Å²) in [7, 11) is 1.63. The molecule has 1 aromatic heterocycles. The molecular weight excluding hydrogens is 433 g/mol. The molecule has 3 aliphatic rings. The van der Waals surface area contributed by atoms with E-state index in [2.05, 4.69) is 12.1 Å². The van der Waals surface area contributed by atoms with Crippen molar-refractivity contribution in [2.45, 2.75) is 18.4 Å². The van der Waals surface area contributed by atoms with E-state index < -0.39 is 28.4 Å². The lowest BCUT2D eigenvalue weighted by atomic mass is 9.81. The number of nitrogens with zero attached hydrogens (tertiary/aromatic N) is 3. The third-order valence-corrected chi connectivity index (χ3v) is 7.57. The number of benzene rings is 2. The summed E-state index contributed by atoms with van der Waals surface area (Å²) in [5, 5.41) is 12.6. The number of hydrogen-bond acceptors (Lipinski definition) is 4. The minimum absolute atomic E-state index is 0.0326. The Kier molecular flexibility index (Phi) is 3.85. The molecule has 0 bridgehead atoms. The van der Waals surface area contributed by atoms with Gasteiger partial charge in [0.1, 0.15) is 18.0 Å². The molecule has 0 spiro atoms. The minimum atomic E-state index is -0.742. The van der Waals surface area contributed by atoms with Gasteiger partial charge in [0, 0.05) is 25.2 Å². The second-order valence-electron chi connectivity index (χ2n) is 8.68. The van der Waals surface area contributed by atoms with Crippen molar-refractivity contribution in [2.24, 2.45) is 5.92 Å². The van der Waals surface area contributed by atoms with E-state index in [0.717, 1.165) is 23.1 Å². The van der Waals surface area contributed by atoms with Crippen molar-refractivity contribution in [1.29, 1.82) is 0 Å². The normalized spacial score (nSPS) is 23.1. The summed E-state index contributed by atoms with van der Waals surface area (Å²) in [6.45, 7) is 0.216. The van der Waals surface area contributed by atoms with Crippen molar-refractivity contribution in [3.05, 3.63) is 97.7 Å². The van der Waals surface area contributed by atoms with Gasteiger partial charge in [0.2, 0.25) is 5.43 Å². The van der Waals surface area contributed by atoms with Gasteiger partial charge in [-0.1, -0.05) is 41.9 Å². The Hall–Kier alpha value is -3.32. The number of carbonyl (C=O) groups is 1. The molecule has 2 heterocycles. The van der Waals surface area contributed by atoms with Crippen LogP contribution in [0.4, 0.5) is 4.39 Å². The molecule has 2 aliphatic carbocycles. The van der Waals surface area contributed by atoms with E-state index in [1.54, 1.807) is 17.8 Å². The zero-order valence-corrected chi connectivity index (χ0v) is 17.9. The van der Waals surface area contributed by atoms with Gasteiger partial charge in [-0.15, -0.1) is 0 Å². The fourth-order valence-electron chi connectivity index (χ4n) is 5.89. The predicted molar refractivity (Wildman–Crippen MR) is 117 cm³/mol. The van der Waals surface area contributed by atoms with Gasteiger partial charge in [0.05, 0.1) is 5.02 Å². The number of pyridine rings is 1. The Morgan fingerprint density at radius 1 is 1.09 bits per heavy atom. The molecule has 6 rings (SSSR count). The molecule has 1 amide bonds. The molecule has 8 heteroatoms. The zero-order chi connectivity index (χ0) is 22.4. The number of aromatic nitrogens is 1. The molecule has 2 atom stereocenters. The highest BCUT2D eigenvalue weighted by Crippen LogP contribution is 2.57. The van der Waals surface area contributed by atoms with E-state index in [0.29, 0.717) is 6.42 Å². The largest absolute Gasteiger partial charge is 0.502 e. The fraction of sp³-hybridized carbons (Fsp3) is 0.250. The molecule has 32 heavy (non-hydrogen) atoms. The Bertz CT molecular complexity index is 1390. The van der Waals surface area contributed by atoms with E-state index in [4.69, 9.17) is 11.6 Å². The minimum Gasteiger partial charge on any atom is -0.502 e. The summed E-state index contributed by atoms with van der Waals surface area (Å²) in [6, 6.07) is 12.5. The standard InChI is InChI=1S/C24H19ClFN3O3/c1-27-12-29(28-9-8-19(30)22(31)21(28)23(27)32)24-14(10-13-4-2-3-5-16(13)24)11-15-17(24)6-7-18(26)20(15)25/h2-9,14,31H,10-12H2,1H3. The number of hydrogen-bond donors (Lipinski definition) is 1. The van der Waals surface area contributed by atoms with Gasteiger partial charge in [-0.05, 0) is 41.2 Å². The van der Waals surface area contributed by atoms with Crippen molar-refractivity contribution >= 4 is 17.5 Å². The van der Waals surface area contributed by atoms with Gasteiger partial charge in [0.25, 0.3) is 5.91 Å². The maximum Gasteiger partial charge on any atom is 0.277 e. The number of halogens is 2. The Morgan fingerprint density at radius 2 is 1.88 bits per heavy atom. The van der Waals surface area contributed by atoms with Crippen molar-refractivity contribution in [3.8, 4) is 5.75 Å². The Labute approximate surface area is 188 Å². The van der Waals surface area contributed by atoms with E-state index in [1.165, 1.54) is 28.8 Å². The quantitative estimate of drug-likeness (QED) is 0.617. The monoisotopic (exact) mass is 451 g/mol. The summed E-state index contributed by atoms with van der Waals surface area (Å²) in [5.74, 6) is -1.44. The first-order valence-electron chi connectivity index (χ1n) is 10.4. The summed E-state index contributed by atoms with van der Waals surface area (Å²) in [6.07, 6.45) is 2.87. The topological polar surface area (TPSA) is 65.8 Å². The lowest BCUT2D eigenvalue weighted by molar-refractivity contribution is 0.0697. The van der Waals surface area contributed by atoms with Gasteiger partial charge in [-0.25, -0.2) is 4.39 Å². The highest BCUT2D eigenvalue weighted by molar-refractivity contribution is 6.31. The second kappa shape index (κ2) is 6.36. The zero-order valence-electron chi connectivity index (χ0n) is 17.2. The fourth-order valence-corrected chi connectivity index (χ4v) is 6.13. The predicted octanol–water partition coefficient (Wildman–Crippen LogP) is 3.00. The number of carbonyl (C=O) groups excluding carboxylic acids is 1. The molecule has 3 aromatic rings. The molecule has 0 saturated heterocycles. The molecular formula is C24H19ClFN3O3. The van der Waals surface area contributed by atoms with Gasteiger partial charge in [-0.2, -0.15) is 0 Å². The molecule has 1 N–H and O–H groups in total. The van der Waals surface area contributed by atoms with Gasteiger partial charge < -0.3 is 10.0 Å². The third-order valence-electron chi connectivity index (χ3n) is 7.16. The van der Waals surface area contributed by atoms with E-state index in [-0.39, 0.29) is 23.3 Å². The van der Waals surface area contributed by atoms with Crippen molar-refractivity contribution in [2.75, 3.05) is 18.7 Å². The van der Waals surface area contributed by atoms with Crippen LogP contribution in [0.5, 0.6) is 5.75 Å². The second-order valence-corrected chi connectivity index (χ2v) is 9.06. The van der Waals surface area contributed by atoms with Crippen molar-refractivity contribution < 1.29 is 14.3 Å². The summed E-state index contributed by atoms with van der Waals surface area (Å²) < 4.78 is 16.0. The third kappa shape index (κ3) is 2.19. The Balaban J connectivity index is 1.71. The number of fused-ring (bicyclic) bond motifs is 6. The van der Waals surface area contributed by atoms with Crippen LogP contribution in [0.1, 0.15) is 32.7 Å². The first-order chi connectivity index (χ1) is 15.4. The molecule has 6 nitrogen and oxygen atoms in total. The van der Waals surface area contributed by atoms with Crippen LogP contribution in [0, 0.1) is 11.7 Å². The van der Waals surface area contributed by atoms with Crippen molar-refractivity contribution in [1.82, 2.24) is 9.58 Å². The smallest absolute Gasteiger partial charge is 0.277 e. The SMILES string of the molecule is CN1CN(C23c4ccccc4CC2Cc2c3ccc(F)c2Cl)n2ccc(=O)c(O)c2C1=O. The molecule has 1 aliphatic heterocycles. The van der Waals surface area contributed by atoms with Crippen LogP contribution in [0.2, 0.25) is 5.02 Å². The first kappa shape index (κ1) is 19.4. The molecule has 0 fully saturated rings. The number of rotatable bonds is 1. The summed E-state index contributed by atoms with van der Waals surface area (Å²) in [5.41, 5.74) is 2.44. The molecule has 0 saturated carbocycles. The van der Waals surface area contributed by atoms with Crippen LogP contribution in [-0.4, -0.2) is 34.3 Å². The molecule has 2 aromatic carbocycles. The van der Waals surface area contributed by atoms with Crippen LogP contribution in [-0.2, 0) is 18.4 Å².